The summed E-state index contributed by atoms with van der Waals surface area (Å²) < 4.78 is 0. The number of para-hydroxylation sites is 3. The normalized spacial score (nSPS) is 10.1. The van der Waals surface area contributed by atoms with Gasteiger partial charge in [0.1, 0.15) is 5.69 Å². The summed E-state index contributed by atoms with van der Waals surface area (Å²) in [5.74, 6) is -1.84. The van der Waals surface area contributed by atoms with E-state index in [1.54, 1.807) is 0 Å². The Hall–Kier alpha value is -3.22. The zero-order valence-corrected chi connectivity index (χ0v) is 13.3. The van der Waals surface area contributed by atoms with E-state index >= 15 is 0 Å². The first kappa shape index (κ1) is 17.1. The summed E-state index contributed by atoms with van der Waals surface area (Å²) in [4.78, 5) is 34.5. The maximum absolute atomic E-state index is 12.1. The van der Waals surface area contributed by atoms with Gasteiger partial charge in [-0.3, -0.25) is 19.7 Å². The highest BCUT2D eigenvalue weighted by molar-refractivity contribution is 6.44. The minimum absolute atomic E-state index is 0.0249. The minimum atomic E-state index is -0.963. The minimum Gasteiger partial charge on any atom is -0.317 e. The number of nitrogens with zero attached hydrogens (tertiary/aromatic N) is 1. The summed E-state index contributed by atoms with van der Waals surface area (Å²) in [5.41, 5.74) is 2.03. The van der Waals surface area contributed by atoms with Crippen molar-refractivity contribution in [2.24, 2.45) is 0 Å². The van der Waals surface area contributed by atoms with Crippen LogP contribution in [0, 0.1) is 17.0 Å². The van der Waals surface area contributed by atoms with Crippen molar-refractivity contribution < 1.29 is 14.5 Å². The molecule has 7 nitrogen and oxygen atoms in total. The molecule has 0 unspecified atom stereocenters. The number of carbonyl (C=O) groups is 2. The van der Waals surface area contributed by atoms with Gasteiger partial charge in [-0.15, -0.1) is 0 Å². The molecule has 2 aromatic rings. The third-order valence-electron chi connectivity index (χ3n) is 3.53. The van der Waals surface area contributed by atoms with Crippen molar-refractivity contribution in [1.82, 2.24) is 0 Å². The van der Waals surface area contributed by atoms with Crippen LogP contribution < -0.4 is 10.6 Å². The van der Waals surface area contributed by atoms with Crippen molar-refractivity contribution in [3.8, 4) is 0 Å². The Morgan fingerprint density at radius 2 is 1.71 bits per heavy atom. The van der Waals surface area contributed by atoms with Gasteiger partial charge in [-0.05, 0) is 30.5 Å². The molecule has 0 aliphatic carbocycles. The first-order valence-electron chi connectivity index (χ1n) is 7.38. The fourth-order valence-electron chi connectivity index (χ4n) is 2.29. The number of hydrogen-bond acceptors (Lipinski definition) is 4. The first-order chi connectivity index (χ1) is 11.4. The fourth-order valence-corrected chi connectivity index (χ4v) is 2.29. The van der Waals surface area contributed by atoms with Crippen LogP contribution in [0.25, 0.3) is 0 Å². The number of rotatable bonds is 4. The van der Waals surface area contributed by atoms with E-state index in [2.05, 4.69) is 10.6 Å². The Bertz CT molecular complexity index is 802. The molecule has 0 fully saturated rings. The van der Waals surface area contributed by atoms with Gasteiger partial charge in [-0.25, -0.2) is 0 Å². The number of amides is 2. The second kappa shape index (κ2) is 7.36. The van der Waals surface area contributed by atoms with E-state index in [4.69, 9.17) is 0 Å². The van der Waals surface area contributed by atoms with Gasteiger partial charge in [-0.1, -0.05) is 37.3 Å². The number of aryl methyl sites for hydroxylation is 2. The molecule has 0 radical (unpaired) electrons. The lowest BCUT2D eigenvalue weighted by molar-refractivity contribution is -0.383. The van der Waals surface area contributed by atoms with E-state index in [9.17, 15) is 19.7 Å². The van der Waals surface area contributed by atoms with Gasteiger partial charge in [0.15, 0.2) is 0 Å². The van der Waals surface area contributed by atoms with Crippen LogP contribution in [0.2, 0.25) is 0 Å². The number of anilines is 2. The first-order valence-corrected chi connectivity index (χ1v) is 7.38. The Kier molecular flexibility index (Phi) is 5.26. The lowest BCUT2D eigenvalue weighted by Crippen LogP contribution is -2.30. The smallest absolute Gasteiger partial charge is 0.314 e. The molecule has 0 aliphatic rings. The van der Waals surface area contributed by atoms with Crippen molar-refractivity contribution in [3.63, 3.8) is 0 Å². The van der Waals surface area contributed by atoms with E-state index in [1.807, 2.05) is 32.0 Å². The van der Waals surface area contributed by atoms with E-state index in [0.717, 1.165) is 11.1 Å². The van der Waals surface area contributed by atoms with Crippen molar-refractivity contribution in [2.45, 2.75) is 20.3 Å². The molecule has 0 bridgehead atoms. The fraction of sp³-hybridized carbons (Fsp3) is 0.176. The number of nitro groups is 1. The quantitative estimate of drug-likeness (QED) is 0.512. The Morgan fingerprint density at radius 1 is 1.04 bits per heavy atom. The number of hydrogen-bond donors (Lipinski definition) is 2. The van der Waals surface area contributed by atoms with Gasteiger partial charge in [-0.2, -0.15) is 0 Å². The number of benzene rings is 2. The van der Waals surface area contributed by atoms with Gasteiger partial charge in [0.05, 0.1) is 4.92 Å². The summed E-state index contributed by atoms with van der Waals surface area (Å²) in [6.07, 6.45) is 0.697. The Labute approximate surface area is 138 Å². The SMILES string of the molecule is CCc1cccc(C)c1NC(=O)C(=O)Nc1ccccc1[N+](=O)[O-]. The monoisotopic (exact) mass is 327 g/mol. The molecule has 2 N–H and O–H groups in total. The van der Waals surface area contributed by atoms with Crippen LogP contribution >= 0.6 is 0 Å². The second-order valence-electron chi connectivity index (χ2n) is 5.15. The number of nitro benzene ring substituents is 1. The van der Waals surface area contributed by atoms with Crippen molar-refractivity contribution in [2.75, 3.05) is 10.6 Å². The molecule has 0 saturated heterocycles. The van der Waals surface area contributed by atoms with Gasteiger partial charge >= 0.3 is 11.8 Å². The standard InChI is InChI=1S/C17H17N3O4/c1-3-12-8-6-7-11(2)15(12)19-17(22)16(21)18-13-9-4-5-10-14(13)20(23)24/h4-10H,3H2,1-2H3,(H,18,21)(H,19,22). The molecule has 0 heterocycles. The molecule has 0 spiro atoms. The summed E-state index contributed by atoms with van der Waals surface area (Å²) >= 11 is 0. The Morgan fingerprint density at radius 3 is 2.38 bits per heavy atom. The molecule has 2 aromatic carbocycles. The van der Waals surface area contributed by atoms with Gasteiger partial charge in [0.2, 0.25) is 0 Å². The molecule has 0 saturated carbocycles. The molecular weight excluding hydrogens is 310 g/mol. The summed E-state index contributed by atoms with van der Waals surface area (Å²) in [7, 11) is 0. The van der Waals surface area contributed by atoms with Gasteiger partial charge in [0.25, 0.3) is 5.69 Å². The molecule has 2 amide bonds. The summed E-state index contributed by atoms with van der Waals surface area (Å²) in [6.45, 7) is 3.77. The lowest BCUT2D eigenvalue weighted by Gasteiger charge is -2.12. The van der Waals surface area contributed by atoms with Crippen LogP contribution in [0.3, 0.4) is 0 Å². The molecule has 24 heavy (non-hydrogen) atoms. The van der Waals surface area contributed by atoms with Crippen LogP contribution in [0.1, 0.15) is 18.1 Å². The maximum Gasteiger partial charge on any atom is 0.314 e. The predicted molar refractivity (Wildman–Crippen MR) is 90.9 cm³/mol. The third-order valence-corrected chi connectivity index (χ3v) is 3.53. The van der Waals surface area contributed by atoms with Crippen molar-refractivity contribution in [1.29, 1.82) is 0 Å². The lowest BCUT2D eigenvalue weighted by atomic mass is 10.1. The average molecular weight is 327 g/mol. The van der Waals surface area contributed by atoms with Crippen LogP contribution in [0.15, 0.2) is 42.5 Å². The molecule has 7 heteroatoms. The van der Waals surface area contributed by atoms with E-state index in [-0.39, 0.29) is 11.4 Å². The maximum atomic E-state index is 12.1. The topological polar surface area (TPSA) is 101 Å². The second-order valence-corrected chi connectivity index (χ2v) is 5.15. The Balaban J connectivity index is 2.17. The summed E-state index contributed by atoms with van der Waals surface area (Å²) in [6, 6.07) is 11.2. The van der Waals surface area contributed by atoms with Crippen LogP contribution in [0.5, 0.6) is 0 Å². The zero-order chi connectivity index (χ0) is 17.7. The zero-order valence-electron chi connectivity index (χ0n) is 13.3. The molecule has 124 valence electrons. The van der Waals surface area contributed by atoms with Gasteiger partial charge < -0.3 is 10.6 Å². The highest BCUT2D eigenvalue weighted by Crippen LogP contribution is 2.24. The highest BCUT2D eigenvalue weighted by atomic mass is 16.6. The largest absolute Gasteiger partial charge is 0.317 e. The summed E-state index contributed by atoms with van der Waals surface area (Å²) in [5, 5.41) is 15.8. The van der Waals surface area contributed by atoms with Crippen LogP contribution in [-0.4, -0.2) is 16.7 Å². The highest BCUT2D eigenvalue weighted by Gasteiger charge is 2.20. The van der Waals surface area contributed by atoms with Crippen LogP contribution in [0.4, 0.5) is 17.1 Å². The van der Waals surface area contributed by atoms with E-state index < -0.39 is 16.7 Å². The third kappa shape index (κ3) is 3.75. The predicted octanol–water partition coefficient (Wildman–Crippen LogP) is 3.04. The molecule has 0 atom stereocenters. The molecular formula is C17H17N3O4. The van der Waals surface area contributed by atoms with E-state index in [1.165, 1.54) is 24.3 Å². The van der Waals surface area contributed by atoms with E-state index in [0.29, 0.717) is 12.1 Å². The number of carbonyl (C=O) groups excluding carboxylic acids is 2. The average Bonchev–Trinajstić information content (AvgIpc) is 2.56. The van der Waals surface area contributed by atoms with Gasteiger partial charge in [0, 0.05) is 11.8 Å². The molecule has 0 aromatic heterocycles. The molecule has 2 rings (SSSR count). The number of nitrogens with one attached hydrogen (secondary N) is 2. The van der Waals surface area contributed by atoms with Crippen molar-refractivity contribution in [3.05, 3.63) is 63.7 Å². The van der Waals surface area contributed by atoms with Crippen molar-refractivity contribution >= 4 is 28.9 Å². The molecule has 0 aliphatic heterocycles. The van der Waals surface area contributed by atoms with Crippen LogP contribution in [-0.2, 0) is 16.0 Å².